The third-order valence-corrected chi connectivity index (χ3v) is 5.78. The molecule has 0 saturated carbocycles. The number of alkyl carbamates (subject to hydrolysis) is 1. The van der Waals surface area contributed by atoms with Crippen LogP contribution in [0, 0.1) is 10.1 Å². The second kappa shape index (κ2) is 8.83. The second-order valence-corrected chi connectivity index (χ2v) is 7.81. The molecule has 1 aromatic rings. The van der Waals surface area contributed by atoms with E-state index in [0.29, 0.717) is 12.8 Å². The minimum atomic E-state index is -4.22. The number of carbonyl (C=O) groups excluding carboxylic acids is 2. The maximum atomic E-state index is 12.6. The van der Waals surface area contributed by atoms with Gasteiger partial charge in [-0.1, -0.05) is 6.08 Å². The summed E-state index contributed by atoms with van der Waals surface area (Å²) in [4.78, 5) is 33.4. The molecule has 10 nitrogen and oxygen atoms in total. The monoisotopic (exact) mass is 412 g/mol. The molecule has 28 heavy (non-hydrogen) atoms. The molecule has 0 fully saturated rings. The molecule has 1 atom stereocenters. The normalized spacial score (nSPS) is 16.6. The van der Waals surface area contributed by atoms with E-state index in [-0.39, 0.29) is 35.7 Å². The number of hydrogen-bond donors (Lipinski definition) is 1. The number of Topliss-reactive ketones (excluding diaryl/α,β-unsaturated/α-hetero) is 1. The van der Waals surface area contributed by atoms with Gasteiger partial charge in [0.25, 0.3) is 5.69 Å². The summed E-state index contributed by atoms with van der Waals surface area (Å²) in [5, 5.41) is 12.4. The molecule has 0 bridgehead atoms. The summed E-state index contributed by atoms with van der Waals surface area (Å²) in [6.07, 6.45) is 2.23. The number of carbonyl (C=O) groups is 2. The lowest BCUT2D eigenvalue weighted by Crippen LogP contribution is -2.32. The van der Waals surface area contributed by atoms with Crippen LogP contribution in [0.4, 0.5) is 10.5 Å². The van der Waals surface area contributed by atoms with E-state index in [1.165, 1.54) is 26.1 Å². The third-order valence-electron chi connectivity index (χ3n) is 4.17. The molecule has 0 aromatic heterocycles. The van der Waals surface area contributed by atoms with Crippen LogP contribution in [0.3, 0.4) is 0 Å². The van der Waals surface area contributed by atoms with Gasteiger partial charge < -0.3 is 14.2 Å². The Bertz CT molecular complexity index is 923. The maximum Gasteiger partial charge on any atom is 0.407 e. The first-order valence-electron chi connectivity index (χ1n) is 8.42. The maximum absolute atomic E-state index is 12.6. The van der Waals surface area contributed by atoms with Gasteiger partial charge in [0, 0.05) is 12.6 Å². The first kappa shape index (κ1) is 21.4. The molecule has 1 aliphatic carbocycles. The van der Waals surface area contributed by atoms with Crippen molar-refractivity contribution in [2.45, 2.75) is 38.0 Å². The lowest BCUT2D eigenvalue weighted by atomic mass is 9.96. The number of nitrogens with one attached hydrogen (secondary N) is 1. The molecule has 1 N–H and O–H groups in total. The van der Waals surface area contributed by atoms with Crippen molar-refractivity contribution < 1.29 is 31.9 Å². The summed E-state index contributed by atoms with van der Waals surface area (Å²) in [5.74, 6) is -0.617. The summed E-state index contributed by atoms with van der Waals surface area (Å²) in [6.45, 7) is 0.911. The highest BCUT2D eigenvalue weighted by molar-refractivity contribution is 7.88. The first-order valence-corrected chi connectivity index (χ1v) is 9.89. The van der Waals surface area contributed by atoms with Gasteiger partial charge in [0.15, 0.2) is 5.78 Å². The van der Waals surface area contributed by atoms with Crippen LogP contribution in [0.5, 0.6) is 5.75 Å². The van der Waals surface area contributed by atoms with Crippen LogP contribution in [-0.2, 0) is 26.3 Å². The Morgan fingerprint density at radius 3 is 2.68 bits per heavy atom. The zero-order valence-corrected chi connectivity index (χ0v) is 16.2. The molecule has 11 heteroatoms. The van der Waals surface area contributed by atoms with Crippen molar-refractivity contribution in [3.05, 3.63) is 45.5 Å². The van der Waals surface area contributed by atoms with Crippen LogP contribution in [0.25, 0.3) is 0 Å². The van der Waals surface area contributed by atoms with Crippen molar-refractivity contribution in [3.63, 3.8) is 0 Å². The molecule has 0 radical (unpaired) electrons. The number of benzene rings is 1. The van der Waals surface area contributed by atoms with Crippen molar-refractivity contribution in [3.8, 4) is 5.75 Å². The summed E-state index contributed by atoms with van der Waals surface area (Å²) < 4.78 is 35.1. The molecular weight excluding hydrogens is 392 g/mol. The Kier molecular flexibility index (Phi) is 6.73. The molecule has 1 aromatic carbocycles. The average Bonchev–Trinajstić information content (AvgIpc) is 2.66. The van der Waals surface area contributed by atoms with Gasteiger partial charge in [-0.05, 0) is 38.3 Å². The number of rotatable bonds is 7. The van der Waals surface area contributed by atoms with E-state index in [4.69, 9.17) is 8.92 Å². The van der Waals surface area contributed by atoms with Crippen molar-refractivity contribution in [1.82, 2.24) is 5.32 Å². The van der Waals surface area contributed by atoms with Crippen LogP contribution in [0.1, 0.15) is 31.7 Å². The molecule has 0 heterocycles. The number of ether oxygens (including phenoxy) is 1. The van der Waals surface area contributed by atoms with Gasteiger partial charge in [-0.15, -0.1) is 0 Å². The number of nitro benzene ring substituents is 1. The zero-order valence-electron chi connectivity index (χ0n) is 15.3. The Hall–Kier alpha value is -2.95. The number of hydrogen-bond acceptors (Lipinski definition) is 8. The van der Waals surface area contributed by atoms with Gasteiger partial charge in [-0.2, -0.15) is 8.42 Å². The molecule has 1 unspecified atom stereocenters. The molecule has 0 saturated heterocycles. The minimum absolute atomic E-state index is 0.0698. The fourth-order valence-electron chi connectivity index (χ4n) is 2.81. The third kappa shape index (κ3) is 5.06. The molecule has 1 aliphatic rings. The van der Waals surface area contributed by atoms with E-state index < -0.39 is 32.1 Å². The average molecular weight is 412 g/mol. The smallest absolute Gasteiger partial charge is 0.407 e. The Balaban J connectivity index is 2.28. The predicted octanol–water partition coefficient (Wildman–Crippen LogP) is 2.23. The van der Waals surface area contributed by atoms with Gasteiger partial charge in [0.2, 0.25) is 0 Å². The summed E-state index contributed by atoms with van der Waals surface area (Å²) in [6, 6.07) is 3.42. The van der Waals surface area contributed by atoms with Gasteiger partial charge >= 0.3 is 16.2 Å². The fraction of sp³-hybridized carbons (Fsp3) is 0.412. The van der Waals surface area contributed by atoms with Crippen LogP contribution in [0.2, 0.25) is 0 Å². The molecular formula is C17H20N2O8S. The van der Waals surface area contributed by atoms with Gasteiger partial charge in [0.05, 0.1) is 16.6 Å². The molecule has 152 valence electrons. The Labute approximate surface area is 161 Å². The van der Waals surface area contributed by atoms with Crippen molar-refractivity contribution in [2.75, 3.05) is 7.05 Å². The Morgan fingerprint density at radius 1 is 1.36 bits per heavy atom. The first-order chi connectivity index (χ1) is 13.2. The number of ketones is 1. The van der Waals surface area contributed by atoms with Crippen molar-refractivity contribution in [1.29, 1.82) is 0 Å². The zero-order chi connectivity index (χ0) is 20.9. The highest BCUT2D eigenvalue weighted by Gasteiger charge is 2.35. The summed E-state index contributed by atoms with van der Waals surface area (Å²) in [7, 11) is -2.88. The Morgan fingerprint density at radius 2 is 2.07 bits per heavy atom. The van der Waals surface area contributed by atoms with E-state index in [0.717, 1.165) is 6.07 Å². The number of nitrogens with zero attached hydrogens (tertiary/aromatic N) is 1. The summed E-state index contributed by atoms with van der Waals surface area (Å²) >= 11 is 0. The van der Waals surface area contributed by atoms with Gasteiger partial charge in [-0.3, -0.25) is 14.9 Å². The van der Waals surface area contributed by atoms with Crippen LogP contribution in [-0.4, -0.2) is 37.5 Å². The highest BCUT2D eigenvalue weighted by Crippen LogP contribution is 2.30. The lowest BCUT2D eigenvalue weighted by molar-refractivity contribution is -0.385. The van der Waals surface area contributed by atoms with E-state index in [9.17, 15) is 28.1 Å². The van der Waals surface area contributed by atoms with E-state index >= 15 is 0 Å². The highest BCUT2D eigenvalue weighted by atomic mass is 32.2. The number of nitro groups is 1. The quantitative estimate of drug-likeness (QED) is 0.408. The van der Waals surface area contributed by atoms with E-state index in [2.05, 4.69) is 5.32 Å². The molecule has 2 rings (SSSR count). The molecule has 0 spiro atoms. The second-order valence-electron chi connectivity index (χ2n) is 6.09. The van der Waals surface area contributed by atoms with E-state index in [1.54, 1.807) is 6.08 Å². The van der Waals surface area contributed by atoms with Crippen molar-refractivity contribution in [2.24, 2.45) is 0 Å². The van der Waals surface area contributed by atoms with Gasteiger partial charge in [0.1, 0.15) is 17.6 Å². The number of allylic oxidation sites excluding steroid dienone is 1. The minimum Gasteiger partial charge on any atom is -0.444 e. The molecule has 1 amide bonds. The SMILES string of the molecule is CNC(=O)OCc1ccc(OS(=O)(=O)C2CCCC=C2C(C)=O)cc1[N+](=O)[O-]. The fourth-order valence-corrected chi connectivity index (χ4v) is 4.33. The number of amides is 1. The standard InChI is InChI=1S/C17H20N2O8S/c1-11(20)14-5-3-4-6-16(14)28(24,25)27-13-8-7-12(10-26-17(21)18-2)15(9-13)19(22)23/h5,7-9,16H,3-4,6,10H2,1-2H3,(H,18,21). The topological polar surface area (TPSA) is 142 Å². The van der Waals surface area contributed by atoms with Gasteiger partial charge in [-0.25, -0.2) is 4.79 Å². The lowest BCUT2D eigenvalue weighted by Gasteiger charge is -2.22. The van der Waals surface area contributed by atoms with Crippen LogP contribution >= 0.6 is 0 Å². The van der Waals surface area contributed by atoms with Crippen molar-refractivity contribution >= 4 is 27.7 Å². The predicted molar refractivity (Wildman–Crippen MR) is 98.3 cm³/mol. The molecule has 0 aliphatic heterocycles. The largest absolute Gasteiger partial charge is 0.444 e. The van der Waals surface area contributed by atoms with Crippen LogP contribution < -0.4 is 9.50 Å². The van der Waals surface area contributed by atoms with E-state index in [1.807, 2.05) is 0 Å². The summed E-state index contributed by atoms with van der Waals surface area (Å²) in [5.41, 5.74) is -0.223. The van der Waals surface area contributed by atoms with Crippen LogP contribution in [0.15, 0.2) is 29.8 Å².